The number of furan rings is 1. The topological polar surface area (TPSA) is 28.4 Å². The molecule has 3 nitrogen and oxygen atoms in total. The van der Waals surface area contributed by atoms with E-state index in [4.69, 9.17) is 4.42 Å². The Labute approximate surface area is 109 Å². The molecule has 1 N–H and O–H groups in total. The van der Waals surface area contributed by atoms with Gasteiger partial charge >= 0.3 is 0 Å². The zero-order valence-corrected chi connectivity index (χ0v) is 10.9. The molecule has 0 radical (unpaired) electrons. The van der Waals surface area contributed by atoms with Crippen LogP contribution in [-0.2, 0) is 13.1 Å². The van der Waals surface area contributed by atoms with E-state index in [-0.39, 0.29) is 0 Å². The van der Waals surface area contributed by atoms with Gasteiger partial charge in [0.05, 0.1) is 12.8 Å². The van der Waals surface area contributed by atoms with E-state index < -0.39 is 0 Å². The fourth-order valence-corrected chi connectivity index (χ4v) is 3.63. The maximum Gasteiger partial charge on any atom is 0.122 e. The van der Waals surface area contributed by atoms with Crippen molar-refractivity contribution >= 4 is 0 Å². The molecule has 98 valence electrons. The maximum absolute atomic E-state index is 5.64. The van der Waals surface area contributed by atoms with Crippen LogP contribution in [0.1, 0.15) is 43.4 Å². The van der Waals surface area contributed by atoms with Gasteiger partial charge in [-0.15, -0.1) is 0 Å². The number of rotatable bonds is 5. The third-order valence-electron chi connectivity index (χ3n) is 4.86. The van der Waals surface area contributed by atoms with Crippen molar-refractivity contribution in [2.75, 3.05) is 6.54 Å². The average Bonchev–Trinajstić information content (AvgIpc) is 2.79. The Morgan fingerprint density at radius 3 is 2.94 bits per heavy atom. The molecule has 0 spiro atoms. The Bertz CT molecular complexity index is 424. The Hall–Kier alpha value is -0.800. The normalized spacial score (nSPS) is 31.3. The summed E-state index contributed by atoms with van der Waals surface area (Å²) >= 11 is 0. The largest absolute Gasteiger partial charge is 0.468 e. The quantitative estimate of drug-likeness (QED) is 0.865. The van der Waals surface area contributed by atoms with E-state index in [1.165, 1.54) is 44.2 Å². The lowest BCUT2D eigenvalue weighted by Crippen LogP contribution is -2.31. The summed E-state index contributed by atoms with van der Waals surface area (Å²) in [4.78, 5) is 2.67. The second-order valence-corrected chi connectivity index (χ2v) is 6.29. The van der Waals surface area contributed by atoms with E-state index in [1.54, 1.807) is 0 Å². The molecule has 1 aromatic rings. The van der Waals surface area contributed by atoms with Crippen LogP contribution in [0.25, 0.3) is 0 Å². The average molecular weight is 246 g/mol. The summed E-state index contributed by atoms with van der Waals surface area (Å²) in [5.74, 6) is 2.14. The van der Waals surface area contributed by atoms with E-state index >= 15 is 0 Å². The second kappa shape index (κ2) is 4.39. The van der Waals surface area contributed by atoms with E-state index in [0.29, 0.717) is 0 Å². The molecule has 1 aromatic heterocycles. The summed E-state index contributed by atoms with van der Waals surface area (Å²) in [7, 11) is 0. The van der Waals surface area contributed by atoms with Gasteiger partial charge < -0.3 is 9.73 Å². The minimum absolute atomic E-state index is 0.755. The van der Waals surface area contributed by atoms with E-state index in [9.17, 15) is 0 Å². The van der Waals surface area contributed by atoms with Crippen LogP contribution >= 0.6 is 0 Å². The predicted molar refractivity (Wildman–Crippen MR) is 70.1 cm³/mol. The van der Waals surface area contributed by atoms with Crippen molar-refractivity contribution in [3.8, 4) is 0 Å². The molecule has 3 fully saturated rings. The third-order valence-corrected chi connectivity index (χ3v) is 4.86. The Balaban J connectivity index is 1.39. The highest BCUT2D eigenvalue weighted by atomic mass is 16.3. The summed E-state index contributed by atoms with van der Waals surface area (Å²) in [6.45, 7) is 3.32. The third kappa shape index (κ3) is 2.10. The molecule has 2 saturated carbocycles. The van der Waals surface area contributed by atoms with Crippen LogP contribution in [0.3, 0.4) is 0 Å². The lowest BCUT2D eigenvalue weighted by molar-refractivity contribution is 0.204. The fraction of sp³-hybridized carbons (Fsp3) is 0.733. The monoisotopic (exact) mass is 246 g/mol. The highest BCUT2D eigenvalue weighted by Gasteiger charge is 2.37. The van der Waals surface area contributed by atoms with Gasteiger partial charge in [0.2, 0.25) is 0 Å². The number of likely N-dealkylation sites (tertiary alicyclic amines) is 1. The van der Waals surface area contributed by atoms with Crippen molar-refractivity contribution in [3.63, 3.8) is 0 Å². The molecule has 0 aromatic carbocycles. The van der Waals surface area contributed by atoms with Crippen LogP contribution in [0.15, 0.2) is 16.7 Å². The summed E-state index contributed by atoms with van der Waals surface area (Å²) in [6, 6.07) is 3.77. The standard InChI is InChI=1S/C15H22N2O/c1-4-14-7-11(1)9-17(14)10-12-5-6-18-15(12)8-16-13-2-3-13/h5-6,11,13-14,16H,1-4,7-10H2. The van der Waals surface area contributed by atoms with Gasteiger partial charge in [-0.1, -0.05) is 0 Å². The number of hydrogen-bond donors (Lipinski definition) is 1. The first-order valence-electron chi connectivity index (χ1n) is 7.41. The molecule has 2 heterocycles. The highest BCUT2D eigenvalue weighted by molar-refractivity contribution is 5.18. The molecular formula is C15H22N2O. The SMILES string of the molecule is c1cc(CN2CC3CCC2C3)c(CNC2CC2)o1. The maximum atomic E-state index is 5.64. The van der Waals surface area contributed by atoms with Gasteiger partial charge in [0.25, 0.3) is 0 Å². The minimum Gasteiger partial charge on any atom is -0.468 e. The van der Waals surface area contributed by atoms with Gasteiger partial charge in [-0.05, 0) is 44.1 Å². The molecule has 18 heavy (non-hydrogen) atoms. The Kier molecular flexibility index (Phi) is 2.70. The molecule has 3 heteroatoms. The molecule has 2 atom stereocenters. The first kappa shape index (κ1) is 11.1. The molecule has 2 unspecified atom stereocenters. The molecule has 3 aliphatic rings. The summed E-state index contributed by atoms with van der Waals surface area (Å²) in [6.07, 6.45) is 8.85. The van der Waals surface area contributed by atoms with Crippen LogP contribution in [-0.4, -0.2) is 23.5 Å². The van der Waals surface area contributed by atoms with Crippen LogP contribution in [0.5, 0.6) is 0 Å². The molecule has 4 rings (SSSR count). The molecule has 1 aliphatic heterocycles. The molecule has 2 aliphatic carbocycles. The Morgan fingerprint density at radius 2 is 2.22 bits per heavy atom. The van der Waals surface area contributed by atoms with Crippen molar-refractivity contribution in [1.82, 2.24) is 10.2 Å². The van der Waals surface area contributed by atoms with Gasteiger partial charge in [-0.3, -0.25) is 4.90 Å². The van der Waals surface area contributed by atoms with Gasteiger partial charge in [-0.25, -0.2) is 0 Å². The van der Waals surface area contributed by atoms with Gasteiger partial charge in [0.15, 0.2) is 0 Å². The lowest BCUT2D eigenvalue weighted by Gasteiger charge is -2.26. The van der Waals surface area contributed by atoms with Crippen molar-refractivity contribution < 1.29 is 4.42 Å². The highest BCUT2D eigenvalue weighted by Crippen LogP contribution is 2.38. The number of hydrogen-bond acceptors (Lipinski definition) is 3. The van der Waals surface area contributed by atoms with E-state index in [1.807, 2.05) is 6.26 Å². The predicted octanol–water partition coefficient (Wildman–Crippen LogP) is 2.52. The molecule has 2 bridgehead atoms. The summed E-state index contributed by atoms with van der Waals surface area (Å²) < 4.78 is 5.64. The first-order valence-corrected chi connectivity index (χ1v) is 7.41. The van der Waals surface area contributed by atoms with Crippen molar-refractivity contribution in [2.45, 2.75) is 57.3 Å². The van der Waals surface area contributed by atoms with E-state index in [0.717, 1.165) is 36.9 Å². The molecular weight excluding hydrogens is 224 g/mol. The lowest BCUT2D eigenvalue weighted by atomic mass is 10.1. The van der Waals surface area contributed by atoms with Gasteiger partial charge in [0.1, 0.15) is 5.76 Å². The number of nitrogens with zero attached hydrogens (tertiary/aromatic N) is 1. The second-order valence-electron chi connectivity index (χ2n) is 6.29. The number of nitrogens with one attached hydrogen (secondary N) is 1. The van der Waals surface area contributed by atoms with Crippen molar-refractivity contribution in [3.05, 3.63) is 23.7 Å². The molecule has 1 saturated heterocycles. The number of fused-ring (bicyclic) bond motifs is 2. The first-order chi connectivity index (χ1) is 8.88. The van der Waals surface area contributed by atoms with E-state index in [2.05, 4.69) is 16.3 Å². The zero-order chi connectivity index (χ0) is 11.9. The summed E-state index contributed by atoms with van der Waals surface area (Å²) in [5.41, 5.74) is 1.40. The van der Waals surface area contributed by atoms with Crippen molar-refractivity contribution in [2.24, 2.45) is 5.92 Å². The fourth-order valence-electron chi connectivity index (χ4n) is 3.63. The smallest absolute Gasteiger partial charge is 0.122 e. The molecule has 0 amide bonds. The Morgan fingerprint density at radius 1 is 1.28 bits per heavy atom. The minimum atomic E-state index is 0.755. The van der Waals surface area contributed by atoms with Gasteiger partial charge in [-0.2, -0.15) is 0 Å². The number of piperidine rings is 1. The van der Waals surface area contributed by atoms with Crippen molar-refractivity contribution in [1.29, 1.82) is 0 Å². The van der Waals surface area contributed by atoms with Crippen LogP contribution < -0.4 is 5.32 Å². The van der Waals surface area contributed by atoms with Crippen LogP contribution in [0.2, 0.25) is 0 Å². The van der Waals surface area contributed by atoms with Crippen LogP contribution in [0, 0.1) is 5.92 Å². The van der Waals surface area contributed by atoms with Crippen LogP contribution in [0.4, 0.5) is 0 Å². The zero-order valence-electron chi connectivity index (χ0n) is 10.9. The van der Waals surface area contributed by atoms with Gasteiger partial charge in [0, 0.05) is 30.7 Å². The summed E-state index contributed by atoms with van der Waals surface area (Å²) in [5, 5.41) is 3.55.